The fraction of sp³-hybridized carbons (Fsp3) is 0.0222. The summed E-state index contributed by atoms with van der Waals surface area (Å²) in [6, 6.07) is 52.4. The first kappa shape index (κ1) is 27.6. The van der Waals surface area contributed by atoms with Gasteiger partial charge in [-0.25, -0.2) is 9.97 Å². The van der Waals surface area contributed by atoms with E-state index in [1.807, 2.05) is 42.7 Å². The molecule has 0 saturated heterocycles. The van der Waals surface area contributed by atoms with Crippen LogP contribution in [0.1, 0.15) is 22.3 Å². The predicted octanol–water partition coefficient (Wildman–Crippen LogP) is 10.3. The largest absolute Gasteiger partial charge is 0.264 e. The van der Waals surface area contributed by atoms with Gasteiger partial charge in [0.05, 0.1) is 16.8 Å². The molecule has 3 heterocycles. The van der Waals surface area contributed by atoms with Crippen molar-refractivity contribution in [1.82, 2.24) is 19.9 Å². The van der Waals surface area contributed by atoms with Crippen molar-refractivity contribution < 1.29 is 0 Å². The summed E-state index contributed by atoms with van der Waals surface area (Å²) in [6.07, 6.45) is 7.27. The smallest absolute Gasteiger partial charge is 0.160 e. The average Bonchev–Trinajstić information content (AvgIpc) is 3.43. The van der Waals surface area contributed by atoms with Gasteiger partial charge >= 0.3 is 0 Å². The molecule has 1 spiro atoms. The molecule has 10 rings (SSSR count). The van der Waals surface area contributed by atoms with Gasteiger partial charge in [0.15, 0.2) is 5.82 Å². The van der Waals surface area contributed by atoms with Crippen molar-refractivity contribution in [2.24, 2.45) is 0 Å². The lowest BCUT2D eigenvalue weighted by molar-refractivity contribution is 0.775. The van der Waals surface area contributed by atoms with Crippen LogP contribution in [-0.2, 0) is 5.41 Å². The molecule has 8 aromatic rings. The lowest BCUT2D eigenvalue weighted by Gasteiger charge is -2.35. The molecule has 0 bridgehead atoms. The number of hydrogen-bond acceptors (Lipinski definition) is 4. The van der Waals surface area contributed by atoms with Gasteiger partial charge in [-0.05, 0) is 92.0 Å². The van der Waals surface area contributed by atoms with Crippen LogP contribution in [0.15, 0.2) is 170 Å². The summed E-state index contributed by atoms with van der Waals surface area (Å²) in [5, 5.41) is 0. The predicted molar refractivity (Wildman–Crippen MR) is 196 cm³/mol. The Morgan fingerprint density at radius 2 is 0.796 bits per heavy atom. The molecular formula is C45H28N4. The van der Waals surface area contributed by atoms with Crippen LogP contribution in [0.25, 0.3) is 67.3 Å². The van der Waals surface area contributed by atoms with E-state index in [9.17, 15) is 0 Å². The van der Waals surface area contributed by atoms with E-state index in [1.165, 1.54) is 55.6 Å². The minimum Gasteiger partial charge on any atom is -0.264 e. The summed E-state index contributed by atoms with van der Waals surface area (Å²) >= 11 is 0. The second kappa shape index (κ2) is 10.8. The highest BCUT2D eigenvalue weighted by Gasteiger charge is 2.49. The van der Waals surface area contributed by atoms with E-state index in [0.29, 0.717) is 5.82 Å². The molecule has 4 nitrogen and oxygen atoms in total. The Hall–Kier alpha value is -6.52. The van der Waals surface area contributed by atoms with Crippen LogP contribution < -0.4 is 0 Å². The first-order valence-electron chi connectivity index (χ1n) is 16.5. The minimum atomic E-state index is -0.568. The van der Waals surface area contributed by atoms with Gasteiger partial charge in [-0.1, -0.05) is 109 Å². The van der Waals surface area contributed by atoms with Gasteiger partial charge in [0.1, 0.15) is 0 Å². The van der Waals surface area contributed by atoms with Gasteiger partial charge in [0.2, 0.25) is 0 Å². The van der Waals surface area contributed by atoms with Gasteiger partial charge in [-0.2, -0.15) is 0 Å². The number of aromatic nitrogens is 4. The van der Waals surface area contributed by atoms with E-state index in [0.717, 1.165) is 28.1 Å². The fourth-order valence-electron chi connectivity index (χ4n) is 8.09. The van der Waals surface area contributed by atoms with Crippen molar-refractivity contribution in [1.29, 1.82) is 0 Å². The molecule has 2 aliphatic rings. The highest BCUT2D eigenvalue weighted by atomic mass is 14.9. The molecule has 4 heteroatoms. The van der Waals surface area contributed by atoms with Crippen molar-refractivity contribution in [3.63, 3.8) is 0 Å². The second-order valence-electron chi connectivity index (χ2n) is 12.6. The third kappa shape index (κ3) is 4.04. The Morgan fingerprint density at radius 3 is 1.29 bits per heavy atom. The van der Waals surface area contributed by atoms with Gasteiger partial charge in [-0.15, -0.1) is 0 Å². The zero-order chi connectivity index (χ0) is 32.4. The standard InChI is InChI=1S/C45H28N4/c1-2-14-33-32(13-1)34-15-3-6-18-38(34)45(39-19-7-4-16-35(39)36-17-5-8-20-40(36)45)41-25-29(21-22-37(33)41)44-48-42(30-11-9-23-46-27-30)26-43(49-44)31-12-10-24-47-28-31/h1-28H. The highest BCUT2D eigenvalue weighted by molar-refractivity contribution is 5.97. The van der Waals surface area contributed by atoms with Crippen LogP contribution in [0.5, 0.6) is 0 Å². The SMILES string of the molecule is c1cncc(-c2cc(-c3cccnc3)nc(-c3ccc4c(c3)C3(c5ccccc5-c5ccccc5-4)c4ccccc4-c4ccccc43)n2)c1. The molecule has 0 amide bonds. The summed E-state index contributed by atoms with van der Waals surface area (Å²) in [6.45, 7) is 0. The first-order valence-corrected chi connectivity index (χ1v) is 16.5. The molecule has 0 N–H and O–H groups in total. The lowest BCUT2D eigenvalue weighted by atomic mass is 9.65. The van der Waals surface area contributed by atoms with E-state index in [-0.39, 0.29) is 0 Å². The Morgan fingerprint density at radius 1 is 0.347 bits per heavy atom. The van der Waals surface area contributed by atoms with Crippen molar-refractivity contribution in [2.75, 3.05) is 0 Å². The van der Waals surface area contributed by atoms with Crippen LogP contribution in [0.3, 0.4) is 0 Å². The maximum absolute atomic E-state index is 5.19. The molecule has 2 aliphatic carbocycles. The van der Waals surface area contributed by atoms with Gasteiger partial charge in [0.25, 0.3) is 0 Å². The third-order valence-corrected chi connectivity index (χ3v) is 10.1. The van der Waals surface area contributed by atoms with Gasteiger partial charge < -0.3 is 0 Å². The van der Waals surface area contributed by atoms with E-state index in [1.54, 1.807) is 12.4 Å². The molecule has 0 unspecified atom stereocenters. The maximum Gasteiger partial charge on any atom is 0.160 e. The number of benzene rings is 5. The van der Waals surface area contributed by atoms with Crippen LogP contribution in [-0.4, -0.2) is 19.9 Å². The molecule has 228 valence electrons. The van der Waals surface area contributed by atoms with Crippen molar-refractivity contribution in [3.05, 3.63) is 193 Å². The fourth-order valence-corrected chi connectivity index (χ4v) is 8.09. The minimum absolute atomic E-state index is 0.568. The molecule has 49 heavy (non-hydrogen) atoms. The third-order valence-electron chi connectivity index (χ3n) is 10.1. The summed E-state index contributed by atoms with van der Waals surface area (Å²) in [5.41, 5.74) is 16.4. The number of nitrogens with zero attached hydrogens (tertiary/aromatic N) is 4. The molecule has 3 aromatic heterocycles. The van der Waals surface area contributed by atoms with Crippen LogP contribution in [0.4, 0.5) is 0 Å². The van der Waals surface area contributed by atoms with Crippen molar-refractivity contribution in [2.45, 2.75) is 5.41 Å². The highest BCUT2D eigenvalue weighted by Crippen LogP contribution is 2.61. The Labute approximate surface area is 284 Å². The monoisotopic (exact) mass is 624 g/mol. The molecule has 5 aromatic carbocycles. The Balaban J connectivity index is 1.32. The average molecular weight is 625 g/mol. The van der Waals surface area contributed by atoms with Gasteiger partial charge in [0, 0.05) is 41.5 Å². The quantitative estimate of drug-likeness (QED) is 0.196. The van der Waals surface area contributed by atoms with Crippen LogP contribution in [0, 0.1) is 0 Å². The maximum atomic E-state index is 5.19. The topological polar surface area (TPSA) is 51.6 Å². The summed E-state index contributed by atoms with van der Waals surface area (Å²) < 4.78 is 0. The summed E-state index contributed by atoms with van der Waals surface area (Å²) in [7, 11) is 0. The number of fused-ring (bicyclic) bond motifs is 12. The molecular weight excluding hydrogens is 597 g/mol. The van der Waals surface area contributed by atoms with Crippen molar-refractivity contribution >= 4 is 0 Å². The first-order chi connectivity index (χ1) is 24.3. The number of hydrogen-bond donors (Lipinski definition) is 0. The molecule has 0 fully saturated rings. The zero-order valence-corrected chi connectivity index (χ0v) is 26.5. The molecule has 0 atom stereocenters. The van der Waals surface area contributed by atoms with E-state index < -0.39 is 5.41 Å². The Bertz CT molecular complexity index is 2450. The lowest BCUT2D eigenvalue weighted by Crippen LogP contribution is -2.29. The summed E-state index contributed by atoms with van der Waals surface area (Å²) in [4.78, 5) is 19.2. The van der Waals surface area contributed by atoms with E-state index in [2.05, 4.69) is 125 Å². The number of pyridine rings is 2. The summed E-state index contributed by atoms with van der Waals surface area (Å²) in [5.74, 6) is 0.656. The van der Waals surface area contributed by atoms with Gasteiger partial charge in [-0.3, -0.25) is 9.97 Å². The molecule has 0 aliphatic heterocycles. The van der Waals surface area contributed by atoms with Crippen LogP contribution in [0.2, 0.25) is 0 Å². The van der Waals surface area contributed by atoms with E-state index >= 15 is 0 Å². The Kier molecular flexibility index (Phi) is 6.06. The normalized spacial score (nSPS) is 13.1. The second-order valence-corrected chi connectivity index (χ2v) is 12.6. The van der Waals surface area contributed by atoms with Crippen molar-refractivity contribution in [3.8, 4) is 67.3 Å². The molecule has 0 radical (unpaired) electrons. The zero-order valence-electron chi connectivity index (χ0n) is 26.5. The number of rotatable bonds is 3. The molecule has 0 saturated carbocycles. The van der Waals surface area contributed by atoms with Crippen LogP contribution >= 0.6 is 0 Å². The van der Waals surface area contributed by atoms with E-state index in [4.69, 9.17) is 9.97 Å².